The van der Waals surface area contributed by atoms with Crippen LogP contribution in [-0.2, 0) is 23.5 Å². The molecule has 0 spiro atoms. The molecule has 0 aromatic heterocycles. The van der Waals surface area contributed by atoms with Crippen molar-refractivity contribution in [2.75, 3.05) is 0 Å². The molecule has 7 aromatic carbocycles. The molecule has 0 bridgehead atoms. The molecule has 7 rings (SSSR count). The van der Waals surface area contributed by atoms with E-state index in [-0.39, 0.29) is 13.4 Å². The van der Waals surface area contributed by atoms with Gasteiger partial charge in [0.2, 0.25) is 13.4 Å². The Bertz CT molecular complexity index is 2360. The molecule has 302 valence electrons. The van der Waals surface area contributed by atoms with Crippen LogP contribution in [0.2, 0.25) is 0 Å². The van der Waals surface area contributed by atoms with Gasteiger partial charge in [-0.05, 0) is 99.9 Å². The zero-order valence-electron chi connectivity index (χ0n) is 36.0. The van der Waals surface area contributed by atoms with E-state index >= 15 is 0 Å². The van der Waals surface area contributed by atoms with Crippen molar-refractivity contribution in [2.45, 2.75) is 78.9 Å². The predicted molar refractivity (Wildman–Crippen MR) is 269 cm³/mol. The third-order valence-electron chi connectivity index (χ3n) is 12.2. The SMILES string of the molecule is Cc1cc(C)c(B(c2ccc(-c3ccc(-c4ccc(B(c5c(C)cc(C)cc5CCl)c5c(C)cc(C)cc5CCl)cc4)cc3)cc2)c2c(C)cc(C)cc2CCl)c(CCl)c1. The molecule has 0 atom stereocenters. The first kappa shape index (κ1) is 43.9. The highest BCUT2D eigenvalue weighted by Gasteiger charge is 2.31. The van der Waals surface area contributed by atoms with Gasteiger partial charge in [-0.1, -0.05) is 199 Å². The fourth-order valence-electron chi connectivity index (χ4n) is 9.91. The predicted octanol–water partition coefficient (Wildman–Crippen LogP) is 11.5. The summed E-state index contributed by atoms with van der Waals surface area (Å²) in [5.41, 5.74) is 26.7. The Labute approximate surface area is 379 Å². The van der Waals surface area contributed by atoms with Crippen LogP contribution < -0.4 is 32.8 Å². The molecule has 0 saturated heterocycles. The van der Waals surface area contributed by atoms with Crippen LogP contribution in [0.25, 0.3) is 22.3 Å². The number of rotatable bonds is 12. The Morgan fingerprint density at radius 2 is 0.500 bits per heavy atom. The van der Waals surface area contributed by atoms with Crippen LogP contribution in [0.3, 0.4) is 0 Å². The lowest BCUT2D eigenvalue weighted by Gasteiger charge is -2.25. The maximum Gasteiger partial charge on any atom is 0.242 e. The van der Waals surface area contributed by atoms with Crippen molar-refractivity contribution in [1.29, 1.82) is 0 Å². The molecular formula is C54H52B2Cl4. The van der Waals surface area contributed by atoms with Gasteiger partial charge in [-0.25, -0.2) is 0 Å². The van der Waals surface area contributed by atoms with Crippen molar-refractivity contribution in [3.63, 3.8) is 0 Å². The lowest BCUT2D eigenvalue weighted by atomic mass is 9.34. The number of alkyl halides is 4. The minimum atomic E-state index is 0.000545. The van der Waals surface area contributed by atoms with Gasteiger partial charge in [0.25, 0.3) is 0 Å². The molecule has 0 radical (unpaired) electrons. The Balaban J connectivity index is 1.23. The van der Waals surface area contributed by atoms with Crippen molar-refractivity contribution in [1.82, 2.24) is 0 Å². The van der Waals surface area contributed by atoms with Crippen molar-refractivity contribution < 1.29 is 0 Å². The third kappa shape index (κ3) is 8.91. The van der Waals surface area contributed by atoms with Crippen LogP contribution in [0.15, 0.2) is 121 Å². The lowest BCUT2D eigenvalue weighted by Crippen LogP contribution is -2.56. The van der Waals surface area contributed by atoms with Crippen LogP contribution in [0.1, 0.15) is 66.8 Å². The summed E-state index contributed by atoms with van der Waals surface area (Å²) in [6.45, 7) is 17.4. The molecule has 6 heteroatoms. The molecule has 0 aliphatic heterocycles. The smallest absolute Gasteiger partial charge is 0.122 e. The number of hydrogen-bond donors (Lipinski definition) is 0. The summed E-state index contributed by atoms with van der Waals surface area (Å²) in [5.74, 6) is 1.80. The van der Waals surface area contributed by atoms with Gasteiger partial charge in [-0.15, -0.1) is 46.4 Å². The van der Waals surface area contributed by atoms with E-state index < -0.39 is 0 Å². The average Bonchev–Trinajstić information content (AvgIpc) is 3.23. The highest BCUT2D eigenvalue weighted by Crippen LogP contribution is 2.26. The summed E-state index contributed by atoms with van der Waals surface area (Å²) in [6, 6.07) is 45.1. The molecule has 0 heterocycles. The first-order valence-electron chi connectivity index (χ1n) is 20.8. The Morgan fingerprint density at radius 1 is 0.300 bits per heavy atom. The second-order valence-electron chi connectivity index (χ2n) is 16.8. The molecule has 0 fully saturated rings. The highest BCUT2D eigenvalue weighted by molar-refractivity contribution is 6.97. The van der Waals surface area contributed by atoms with Crippen molar-refractivity contribution >= 4 is 92.6 Å². The second-order valence-corrected chi connectivity index (χ2v) is 17.9. The molecular weight excluding hydrogens is 812 g/mol. The van der Waals surface area contributed by atoms with Crippen LogP contribution in [-0.4, -0.2) is 13.4 Å². The minimum absolute atomic E-state index is 0.000545. The van der Waals surface area contributed by atoms with Crippen molar-refractivity contribution in [3.8, 4) is 22.3 Å². The van der Waals surface area contributed by atoms with Crippen LogP contribution >= 0.6 is 46.4 Å². The van der Waals surface area contributed by atoms with Gasteiger partial charge in [0.1, 0.15) is 0 Å². The van der Waals surface area contributed by atoms with Gasteiger partial charge in [-0.3, -0.25) is 0 Å². The van der Waals surface area contributed by atoms with E-state index in [4.69, 9.17) is 46.4 Å². The van der Waals surface area contributed by atoms with E-state index in [0.29, 0.717) is 23.5 Å². The first-order chi connectivity index (χ1) is 28.8. The molecule has 60 heavy (non-hydrogen) atoms. The van der Waals surface area contributed by atoms with Crippen LogP contribution in [0.4, 0.5) is 0 Å². The number of hydrogen-bond acceptors (Lipinski definition) is 0. The molecule has 0 saturated carbocycles. The average molecular weight is 864 g/mol. The minimum Gasteiger partial charge on any atom is -0.122 e. The fraction of sp³-hybridized carbons (Fsp3) is 0.222. The van der Waals surface area contributed by atoms with E-state index in [1.165, 1.54) is 122 Å². The monoisotopic (exact) mass is 862 g/mol. The largest absolute Gasteiger partial charge is 0.242 e. The lowest BCUT2D eigenvalue weighted by molar-refractivity contribution is 1.31. The molecule has 0 unspecified atom stereocenters. The number of aryl methyl sites for hydroxylation is 8. The van der Waals surface area contributed by atoms with Crippen LogP contribution in [0, 0.1) is 55.4 Å². The molecule has 0 aliphatic carbocycles. The van der Waals surface area contributed by atoms with Gasteiger partial charge in [0.15, 0.2) is 0 Å². The number of benzene rings is 7. The second kappa shape index (κ2) is 18.8. The molecule has 0 nitrogen and oxygen atoms in total. The van der Waals surface area contributed by atoms with Gasteiger partial charge in [-0.2, -0.15) is 0 Å². The summed E-state index contributed by atoms with van der Waals surface area (Å²) in [7, 11) is 0. The quantitative estimate of drug-likeness (QED) is 0.0848. The van der Waals surface area contributed by atoms with Crippen molar-refractivity contribution in [2.24, 2.45) is 0 Å². The van der Waals surface area contributed by atoms with Gasteiger partial charge >= 0.3 is 0 Å². The maximum atomic E-state index is 6.68. The summed E-state index contributed by atoms with van der Waals surface area (Å²) in [5, 5.41) is 0. The maximum absolute atomic E-state index is 6.68. The first-order valence-corrected chi connectivity index (χ1v) is 22.9. The van der Waals surface area contributed by atoms with Gasteiger partial charge in [0.05, 0.1) is 0 Å². The standard InChI is InChI=1S/C54H52B2Cl4/c1-33-21-37(5)51(45(25-33)29-57)55(52-38(6)22-34(2)26-46(52)30-58)49-17-13-43(14-18-49)41-9-11-42(12-10-41)44-15-19-50(20-16-44)56(53-39(7)23-35(3)27-47(53)31-59)54-40(8)24-36(4)28-48(54)32-60/h9-28H,29-32H2,1-8H3. The zero-order chi connectivity index (χ0) is 42.8. The van der Waals surface area contributed by atoms with E-state index in [9.17, 15) is 0 Å². The Kier molecular flexibility index (Phi) is 13.8. The summed E-state index contributed by atoms with van der Waals surface area (Å²) in [6.07, 6.45) is 0. The zero-order valence-corrected chi connectivity index (χ0v) is 39.1. The van der Waals surface area contributed by atoms with Crippen molar-refractivity contribution in [3.05, 3.63) is 188 Å². The third-order valence-corrected chi connectivity index (χ3v) is 13.4. The molecule has 0 aliphatic rings. The highest BCUT2D eigenvalue weighted by atomic mass is 35.5. The van der Waals surface area contributed by atoms with E-state index in [1.54, 1.807) is 0 Å². The fourth-order valence-corrected chi connectivity index (χ4v) is 10.8. The Morgan fingerprint density at radius 3 is 0.700 bits per heavy atom. The summed E-state index contributed by atoms with van der Waals surface area (Å²) >= 11 is 26.7. The Hall–Kier alpha value is -4.17. The van der Waals surface area contributed by atoms with Gasteiger partial charge in [0, 0.05) is 23.5 Å². The van der Waals surface area contributed by atoms with E-state index in [1.807, 2.05) is 0 Å². The molecule has 0 amide bonds. The summed E-state index contributed by atoms with van der Waals surface area (Å²) < 4.78 is 0. The normalized spacial score (nSPS) is 11.3. The topological polar surface area (TPSA) is 0 Å². The number of halogens is 4. The molecule has 7 aromatic rings. The van der Waals surface area contributed by atoms with Gasteiger partial charge < -0.3 is 0 Å². The van der Waals surface area contributed by atoms with Crippen LogP contribution in [0.5, 0.6) is 0 Å². The molecule has 0 N–H and O–H groups in total. The summed E-state index contributed by atoms with van der Waals surface area (Å²) in [4.78, 5) is 0. The van der Waals surface area contributed by atoms with E-state index in [2.05, 4.69) is 177 Å². The van der Waals surface area contributed by atoms with E-state index in [0.717, 1.165) is 0 Å².